The molecule has 3 N–H and O–H groups in total. The highest BCUT2D eigenvalue weighted by atomic mass is 32.2. The zero-order valence-corrected chi connectivity index (χ0v) is 8.97. The van der Waals surface area contributed by atoms with Crippen LogP contribution in [0.3, 0.4) is 0 Å². The summed E-state index contributed by atoms with van der Waals surface area (Å²) in [6.45, 7) is 0.491. The molecule has 84 valence electrons. The predicted octanol–water partition coefficient (Wildman–Crippen LogP) is -2.11. The van der Waals surface area contributed by atoms with Crippen molar-refractivity contribution in [2.45, 2.75) is 12.5 Å². The average molecular weight is 225 g/mol. The van der Waals surface area contributed by atoms with Crippen LogP contribution in [-0.4, -0.2) is 55.3 Å². The van der Waals surface area contributed by atoms with Gasteiger partial charge in [-0.15, -0.1) is 0 Å². The Balaban J connectivity index is 4.32. The van der Waals surface area contributed by atoms with E-state index < -0.39 is 40.2 Å². The fourth-order valence-electron chi connectivity index (χ4n) is 0.740. The number of aliphatic hydroxyl groups is 2. The van der Waals surface area contributed by atoms with E-state index in [-0.39, 0.29) is 0 Å². The van der Waals surface area contributed by atoms with Crippen molar-refractivity contribution in [3.63, 3.8) is 0 Å². The SMILES string of the molecule is CC(CO)(CO)NC(=O)CS(C)(=O)=O. The Morgan fingerprint density at radius 3 is 2.07 bits per heavy atom. The molecule has 0 unspecified atom stereocenters. The molecule has 0 aromatic heterocycles. The van der Waals surface area contributed by atoms with Crippen LogP contribution in [-0.2, 0) is 14.6 Å². The molecule has 0 bridgehead atoms. The average Bonchev–Trinajstić information content (AvgIpc) is 2.00. The molecule has 0 aliphatic carbocycles. The Bertz CT molecular complexity index is 293. The Labute approximate surface area is 82.9 Å². The van der Waals surface area contributed by atoms with Gasteiger partial charge in [0.1, 0.15) is 5.75 Å². The first kappa shape index (κ1) is 13.3. The zero-order chi connectivity index (χ0) is 11.4. The fourth-order valence-corrected chi connectivity index (χ4v) is 1.29. The number of rotatable bonds is 5. The van der Waals surface area contributed by atoms with Gasteiger partial charge in [0.25, 0.3) is 0 Å². The molecule has 0 atom stereocenters. The summed E-state index contributed by atoms with van der Waals surface area (Å²) in [4.78, 5) is 11.1. The first-order valence-corrected chi connectivity index (χ1v) is 5.99. The molecule has 0 saturated heterocycles. The van der Waals surface area contributed by atoms with Gasteiger partial charge in [-0.05, 0) is 6.92 Å². The van der Waals surface area contributed by atoms with Crippen molar-refractivity contribution in [2.75, 3.05) is 25.2 Å². The van der Waals surface area contributed by atoms with Crippen molar-refractivity contribution in [2.24, 2.45) is 0 Å². The van der Waals surface area contributed by atoms with Crippen molar-refractivity contribution < 1.29 is 23.4 Å². The molecule has 0 aromatic carbocycles. The van der Waals surface area contributed by atoms with Gasteiger partial charge >= 0.3 is 0 Å². The molecule has 0 spiro atoms. The first-order chi connectivity index (χ1) is 6.22. The lowest BCUT2D eigenvalue weighted by molar-refractivity contribution is -0.121. The second-order valence-corrected chi connectivity index (χ2v) is 5.64. The van der Waals surface area contributed by atoms with E-state index in [4.69, 9.17) is 10.2 Å². The first-order valence-electron chi connectivity index (χ1n) is 3.93. The quantitative estimate of drug-likeness (QED) is 0.497. The van der Waals surface area contributed by atoms with E-state index in [1.54, 1.807) is 0 Å². The molecule has 0 heterocycles. The van der Waals surface area contributed by atoms with Crippen LogP contribution in [0.2, 0.25) is 0 Å². The molecule has 0 aliphatic rings. The molecule has 14 heavy (non-hydrogen) atoms. The summed E-state index contributed by atoms with van der Waals surface area (Å²) in [5.41, 5.74) is -1.18. The Morgan fingerprint density at radius 1 is 1.36 bits per heavy atom. The van der Waals surface area contributed by atoms with Crippen LogP contribution in [0, 0.1) is 0 Å². The molecule has 0 aliphatic heterocycles. The smallest absolute Gasteiger partial charge is 0.235 e. The van der Waals surface area contributed by atoms with Crippen molar-refractivity contribution in [3.05, 3.63) is 0 Å². The van der Waals surface area contributed by atoms with Crippen LogP contribution in [0.5, 0.6) is 0 Å². The third kappa shape index (κ3) is 5.15. The van der Waals surface area contributed by atoms with Crippen LogP contribution < -0.4 is 5.32 Å². The van der Waals surface area contributed by atoms with Gasteiger partial charge in [-0.25, -0.2) is 8.42 Å². The van der Waals surface area contributed by atoms with Gasteiger partial charge in [0.05, 0.1) is 18.8 Å². The third-order valence-corrected chi connectivity index (χ3v) is 2.32. The fraction of sp³-hybridized carbons (Fsp3) is 0.857. The lowest BCUT2D eigenvalue weighted by Gasteiger charge is -2.25. The van der Waals surface area contributed by atoms with Crippen LogP contribution >= 0.6 is 0 Å². The molecular weight excluding hydrogens is 210 g/mol. The lowest BCUT2D eigenvalue weighted by Crippen LogP contribution is -2.53. The summed E-state index contributed by atoms with van der Waals surface area (Å²) < 4.78 is 21.4. The summed E-state index contributed by atoms with van der Waals surface area (Å²) in [7, 11) is -3.39. The second-order valence-electron chi connectivity index (χ2n) is 3.50. The van der Waals surface area contributed by atoms with Crippen molar-refractivity contribution >= 4 is 15.7 Å². The number of hydrogen-bond acceptors (Lipinski definition) is 5. The van der Waals surface area contributed by atoms with Gasteiger partial charge in [0, 0.05) is 6.26 Å². The van der Waals surface area contributed by atoms with E-state index in [9.17, 15) is 13.2 Å². The van der Waals surface area contributed by atoms with Crippen LogP contribution in [0.15, 0.2) is 0 Å². The Kier molecular flexibility index (Phi) is 4.50. The van der Waals surface area contributed by atoms with E-state index in [1.165, 1.54) is 6.92 Å². The zero-order valence-electron chi connectivity index (χ0n) is 8.15. The van der Waals surface area contributed by atoms with E-state index >= 15 is 0 Å². The number of aliphatic hydroxyl groups excluding tert-OH is 2. The molecule has 1 amide bonds. The van der Waals surface area contributed by atoms with Gasteiger partial charge in [-0.2, -0.15) is 0 Å². The number of amides is 1. The molecule has 0 rings (SSSR count). The second kappa shape index (κ2) is 4.72. The van der Waals surface area contributed by atoms with E-state index in [0.29, 0.717) is 0 Å². The third-order valence-electron chi connectivity index (χ3n) is 1.53. The monoisotopic (exact) mass is 225 g/mol. The Morgan fingerprint density at radius 2 is 1.79 bits per heavy atom. The molecule has 0 saturated carbocycles. The minimum Gasteiger partial charge on any atom is -0.394 e. The van der Waals surface area contributed by atoms with Crippen molar-refractivity contribution in [3.8, 4) is 0 Å². The number of sulfone groups is 1. The van der Waals surface area contributed by atoms with Crippen molar-refractivity contribution in [1.29, 1.82) is 0 Å². The van der Waals surface area contributed by atoms with E-state index in [1.807, 2.05) is 0 Å². The largest absolute Gasteiger partial charge is 0.394 e. The summed E-state index contributed by atoms with van der Waals surface area (Å²) >= 11 is 0. The van der Waals surface area contributed by atoms with Crippen LogP contribution in [0.1, 0.15) is 6.92 Å². The van der Waals surface area contributed by atoms with E-state index in [2.05, 4.69) is 5.32 Å². The standard InChI is InChI=1S/C7H15NO5S/c1-7(4-9,5-10)8-6(11)3-14(2,12)13/h9-10H,3-5H2,1-2H3,(H,8,11). The highest BCUT2D eigenvalue weighted by molar-refractivity contribution is 7.91. The molecular formula is C7H15NO5S. The Hall–Kier alpha value is -0.660. The normalized spacial score (nSPS) is 12.6. The minimum atomic E-state index is -3.39. The molecule has 0 fully saturated rings. The van der Waals surface area contributed by atoms with Gasteiger partial charge < -0.3 is 15.5 Å². The van der Waals surface area contributed by atoms with Crippen LogP contribution in [0.25, 0.3) is 0 Å². The summed E-state index contributed by atoms with van der Waals surface area (Å²) in [6, 6.07) is 0. The minimum absolute atomic E-state index is 0.459. The summed E-state index contributed by atoms with van der Waals surface area (Å²) in [6.07, 6.45) is 0.932. The number of hydrogen-bond donors (Lipinski definition) is 3. The number of carbonyl (C=O) groups is 1. The highest BCUT2D eigenvalue weighted by Crippen LogP contribution is 2.00. The molecule has 0 radical (unpaired) electrons. The maximum atomic E-state index is 11.1. The topological polar surface area (TPSA) is 104 Å². The van der Waals surface area contributed by atoms with Gasteiger partial charge in [0.15, 0.2) is 9.84 Å². The summed E-state index contributed by atoms with van der Waals surface area (Å²) in [5, 5.41) is 19.8. The summed E-state index contributed by atoms with van der Waals surface area (Å²) in [5.74, 6) is -1.39. The van der Waals surface area contributed by atoms with Gasteiger partial charge in [0.2, 0.25) is 5.91 Å². The number of nitrogens with one attached hydrogen (secondary N) is 1. The highest BCUT2D eigenvalue weighted by Gasteiger charge is 2.25. The van der Waals surface area contributed by atoms with E-state index in [0.717, 1.165) is 6.26 Å². The van der Waals surface area contributed by atoms with Crippen LogP contribution in [0.4, 0.5) is 0 Å². The maximum absolute atomic E-state index is 11.1. The maximum Gasteiger partial charge on any atom is 0.235 e. The number of carbonyl (C=O) groups excluding carboxylic acids is 1. The molecule has 0 aromatic rings. The molecule has 7 heteroatoms. The predicted molar refractivity (Wildman–Crippen MR) is 50.4 cm³/mol. The van der Waals surface area contributed by atoms with Gasteiger partial charge in [-0.3, -0.25) is 4.79 Å². The van der Waals surface area contributed by atoms with Crippen molar-refractivity contribution in [1.82, 2.24) is 5.32 Å². The van der Waals surface area contributed by atoms with Gasteiger partial charge in [-0.1, -0.05) is 0 Å². The molecule has 6 nitrogen and oxygen atoms in total. The lowest BCUT2D eigenvalue weighted by atomic mass is 10.1.